The Labute approximate surface area is 117 Å². The van der Waals surface area contributed by atoms with Gasteiger partial charge in [-0.05, 0) is 57.1 Å². The summed E-state index contributed by atoms with van der Waals surface area (Å²) in [5, 5.41) is 3.94. The van der Waals surface area contributed by atoms with Crippen molar-refractivity contribution in [3.63, 3.8) is 0 Å². The van der Waals surface area contributed by atoms with Crippen LogP contribution in [0, 0.1) is 12.8 Å². The number of piperidine rings is 1. The molecule has 1 aromatic carbocycles. The van der Waals surface area contributed by atoms with Crippen LogP contribution in [0.4, 0.5) is 0 Å². The zero-order valence-corrected chi connectivity index (χ0v) is 12.3. The molecule has 0 bridgehead atoms. The average Bonchev–Trinajstić information content (AvgIpc) is 2.49. The Kier molecular flexibility index (Phi) is 3.93. The van der Waals surface area contributed by atoms with Crippen LogP contribution < -0.4 is 5.32 Å². The lowest BCUT2D eigenvalue weighted by Crippen LogP contribution is -2.51. The monoisotopic (exact) mass is 257 g/mol. The Morgan fingerprint density at radius 1 is 0.947 bits per heavy atom. The molecule has 0 spiro atoms. The van der Waals surface area contributed by atoms with Gasteiger partial charge in [0.25, 0.3) is 0 Å². The average molecular weight is 257 g/mol. The van der Waals surface area contributed by atoms with Crippen molar-refractivity contribution in [3.8, 4) is 0 Å². The van der Waals surface area contributed by atoms with E-state index >= 15 is 0 Å². The van der Waals surface area contributed by atoms with Crippen LogP contribution in [0.1, 0.15) is 62.5 Å². The van der Waals surface area contributed by atoms with Gasteiger partial charge in [0.2, 0.25) is 0 Å². The molecular formula is C18H27N. The molecule has 1 saturated heterocycles. The lowest BCUT2D eigenvalue weighted by atomic mass is 9.67. The van der Waals surface area contributed by atoms with Crippen LogP contribution in [0.5, 0.6) is 0 Å². The summed E-state index contributed by atoms with van der Waals surface area (Å²) in [7, 11) is 0. The van der Waals surface area contributed by atoms with Crippen molar-refractivity contribution in [2.75, 3.05) is 6.54 Å². The van der Waals surface area contributed by atoms with E-state index in [-0.39, 0.29) is 5.54 Å². The zero-order valence-electron chi connectivity index (χ0n) is 12.3. The Bertz CT molecular complexity index is 394. The SMILES string of the molecule is Cc1ccc([C@@]2(C3CCCCC3)CCCCN2)cc1. The fraction of sp³-hybridized carbons (Fsp3) is 0.667. The van der Waals surface area contributed by atoms with Gasteiger partial charge in [0, 0.05) is 5.54 Å². The highest BCUT2D eigenvalue weighted by atomic mass is 15.0. The van der Waals surface area contributed by atoms with Crippen LogP contribution >= 0.6 is 0 Å². The maximum Gasteiger partial charge on any atom is 0.0463 e. The Hall–Kier alpha value is -0.820. The molecule has 0 amide bonds. The Morgan fingerprint density at radius 2 is 1.68 bits per heavy atom. The third-order valence-electron chi connectivity index (χ3n) is 5.31. The number of aryl methyl sites for hydroxylation is 1. The van der Waals surface area contributed by atoms with E-state index in [1.807, 2.05) is 0 Å². The lowest BCUT2D eigenvalue weighted by molar-refractivity contribution is 0.124. The normalized spacial score (nSPS) is 29.3. The third kappa shape index (κ3) is 2.58. The van der Waals surface area contributed by atoms with Gasteiger partial charge in [-0.2, -0.15) is 0 Å². The first-order valence-electron chi connectivity index (χ1n) is 8.13. The topological polar surface area (TPSA) is 12.0 Å². The zero-order chi connectivity index (χ0) is 13.1. The molecule has 1 atom stereocenters. The number of benzene rings is 1. The summed E-state index contributed by atoms with van der Waals surface area (Å²) in [6, 6.07) is 9.33. The summed E-state index contributed by atoms with van der Waals surface area (Å²) >= 11 is 0. The summed E-state index contributed by atoms with van der Waals surface area (Å²) in [5.74, 6) is 0.851. The second kappa shape index (κ2) is 5.66. The van der Waals surface area contributed by atoms with Gasteiger partial charge in [0.15, 0.2) is 0 Å². The van der Waals surface area contributed by atoms with Gasteiger partial charge >= 0.3 is 0 Å². The molecule has 2 aliphatic rings. The molecule has 0 radical (unpaired) electrons. The quantitative estimate of drug-likeness (QED) is 0.820. The van der Waals surface area contributed by atoms with E-state index in [0.29, 0.717) is 0 Å². The van der Waals surface area contributed by atoms with Crippen molar-refractivity contribution in [1.29, 1.82) is 0 Å². The summed E-state index contributed by atoms with van der Waals surface area (Å²) in [6.07, 6.45) is 11.2. The van der Waals surface area contributed by atoms with E-state index < -0.39 is 0 Å². The van der Waals surface area contributed by atoms with Crippen LogP contribution in [0.3, 0.4) is 0 Å². The highest BCUT2D eigenvalue weighted by molar-refractivity contribution is 5.29. The molecule has 1 aromatic rings. The lowest BCUT2D eigenvalue weighted by Gasteiger charge is -2.46. The van der Waals surface area contributed by atoms with Crippen molar-refractivity contribution in [3.05, 3.63) is 35.4 Å². The molecule has 3 rings (SSSR count). The number of hydrogen-bond donors (Lipinski definition) is 1. The fourth-order valence-electron chi connectivity index (χ4n) is 4.21. The first-order chi connectivity index (χ1) is 9.31. The highest BCUT2D eigenvalue weighted by Gasteiger charge is 2.41. The standard InChI is InChI=1S/C18H27N/c1-15-9-11-17(12-10-15)18(13-5-6-14-19-18)16-7-3-2-4-8-16/h9-12,16,19H,2-8,13-14H2,1H3/t18-/m0/s1. The van der Waals surface area contributed by atoms with Crippen molar-refractivity contribution in [2.45, 2.75) is 63.8 Å². The van der Waals surface area contributed by atoms with Crippen molar-refractivity contribution in [2.24, 2.45) is 5.92 Å². The minimum Gasteiger partial charge on any atom is -0.307 e. The molecule has 104 valence electrons. The van der Waals surface area contributed by atoms with Crippen LogP contribution in [0.2, 0.25) is 0 Å². The number of nitrogens with one attached hydrogen (secondary N) is 1. The van der Waals surface area contributed by atoms with Gasteiger partial charge in [0.05, 0.1) is 0 Å². The van der Waals surface area contributed by atoms with Crippen molar-refractivity contribution < 1.29 is 0 Å². The minimum absolute atomic E-state index is 0.284. The predicted octanol–water partition coefficient (Wildman–Crippen LogP) is 4.54. The van der Waals surface area contributed by atoms with Crippen molar-refractivity contribution >= 4 is 0 Å². The van der Waals surface area contributed by atoms with Gasteiger partial charge in [-0.15, -0.1) is 0 Å². The van der Waals surface area contributed by atoms with Crippen LogP contribution in [-0.2, 0) is 5.54 Å². The largest absolute Gasteiger partial charge is 0.307 e. The summed E-state index contributed by atoms with van der Waals surface area (Å²) in [4.78, 5) is 0. The van der Waals surface area contributed by atoms with Crippen LogP contribution in [-0.4, -0.2) is 6.54 Å². The van der Waals surface area contributed by atoms with Gasteiger partial charge < -0.3 is 5.32 Å². The smallest absolute Gasteiger partial charge is 0.0463 e. The molecule has 1 heteroatoms. The summed E-state index contributed by atoms with van der Waals surface area (Å²) in [5.41, 5.74) is 3.20. The van der Waals surface area contributed by atoms with Gasteiger partial charge in [-0.1, -0.05) is 49.1 Å². The molecule has 0 unspecified atom stereocenters. The number of rotatable bonds is 2. The molecule has 2 fully saturated rings. The highest BCUT2D eigenvalue weighted by Crippen LogP contribution is 2.44. The van der Waals surface area contributed by atoms with Gasteiger partial charge in [0.1, 0.15) is 0 Å². The molecule has 1 saturated carbocycles. The summed E-state index contributed by atoms with van der Waals surface area (Å²) < 4.78 is 0. The second-order valence-corrected chi connectivity index (χ2v) is 6.56. The van der Waals surface area contributed by atoms with Crippen molar-refractivity contribution in [1.82, 2.24) is 5.32 Å². The molecule has 0 aromatic heterocycles. The molecular weight excluding hydrogens is 230 g/mol. The van der Waals surface area contributed by atoms with Gasteiger partial charge in [-0.25, -0.2) is 0 Å². The molecule has 1 heterocycles. The van der Waals surface area contributed by atoms with E-state index in [9.17, 15) is 0 Å². The van der Waals surface area contributed by atoms with Crippen LogP contribution in [0.15, 0.2) is 24.3 Å². The van der Waals surface area contributed by atoms with Crippen LogP contribution in [0.25, 0.3) is 0 Å². The van der Waals surface area contributed by atoms with E-state index in [1.165, 1.54) is 63.5 Å². The molecule has 1 aliphatic heterocycles. The van der Waals surface area contributed by atoms with E-state index in [2.05, 4.69) is 36.5 Å². The Balaban J connectivity index is 1.93. The third-order valence-corrected chi connectivity index (χ3v) is 5.31. The first kappa shape index (κ1) is 13.2. The Morgan fingerprint density at radius 3 is 2.32 bits per heavy atom. The molecule has 1 N–H and O–H groups in total. The second-order valence-electron chi connectivity index (χ2n) is 6.56. The van der Waals surface area contributed by atoms with E-state index in [0.717, 1.165) is 5.92 Å². The molecule has 1 nitrogen and oxygen atoms in total. The van der Waals surface area contributed by atoms with E-state index in [4.69, 9.17) is 0 Å². The van der Waals surface area contributed by atoms with Gasteiger partial charge in [-0.3, -0.25) is 0 Å². The fourth-order valence-corrected chi connectivity index (χ4v) is 4.21. The first-order valence-corrected chi connectivity index (χ1v) is 8.13. The maximum absolute atomic E-state index is 3.94. The predicted molar refractivity (Wildman–Crippen MR) is 81.3 cm³/mol. The molecule has 1 aliphatic carbocycles. The summed E-state index contributed by atoms with van der Waals surface area (Å²) in [6.45, 7) is 3.38. The number of hydrogen-bond acceptors (Lipinski definition) is 1. The van der Waals surface area contributed by atoms with E-state index in [1.54, 1.807) is 5.56 Å². The molecule has 19 heavy (non-hydrogen) atoms. The maximum atomic E-state index is 3.94. The minimum atomic E-state index is 0.284.